The summed E-state index contributed by atoms with van der Waals surface area (Å²) in [6, 6.07) is 20.3. The lowest BCUT2D eigenvalue weighted by Crippen LogP contribution is -2.56. The monoisotopic (exact) mass is 494 g/mol. The van der Waals surface area contributed by atoms with Crippen molar-refractivity contribution in [3.05, 3.63) is 72.9 Å². The van der Waals surface area contributed by atoms with E-state index in [9.17, 15) is 9.59 Å². The highest BCUT2D eigenvalue weighted by atomic mass is 32.2. The van der Waals surface area contributed by atoms with E-state index in [0.29, 0.717) is 17.6 Å². The van der Waals surface area contributed by atoms with Gasteiger partial charge in [-0.1, -0.05) is 43.0 Å². The lowest BCUT2D eigenvalue weighted by Gasteiger charge is -2.43. The van der Waals surface area contributed by atoms with E-state index in [-0.39, 0.29) is 11.8 Å². The number of hydrogen-bond acceptors (Lipinski definition) is 6. The van der Waals surface area contributed by atoms with Gasteiger partial charge in [-0.3, -0.25) is 14.5 Å². The molecule has 6 heterocycles. The second kappa shape index (κ2) is 12.1. The van der Waals surface area contributed by atoms with Crippen LogP contribution in [0.1, 0.15) is 25.7 Å². The Hall–Kier alpha value is -2.02. The molecule has 2 aromatic carbocycles. The third-order valence-corrected chi connectivity index (χ3v) is 8.53. The summed E-state index contributed by atoms with van der Waals surface area (Å²) in [6.45, 7) is 8.10. The SMILES string of the molecule is C=C1C(=O)C2CCN1CC2.O=C1C2CCN(CC2)C1CSc1ccccc1.Sc1ccccc1. The van der Waals surface area contributed by atoms with Crippen LogP contribution in [0.2, 0.25) is 0 Å². The highest BCUT2D eigenvalue weighted by Gasteiger charge is 2.40. The largest absolute Gasteiger partial charge is 0.369 e. The van der Waals surface area contributed by atoms with Crippen LogP contribution >= 0.6 is 24.4 Å². The Morgan fingerprint density at radius 1 is 0.824 bits per heavy atom. The molecule has 4 nitrogen and oxygen atoms in total. The smallest absolute Gasteiger partial charge is 0.181 e. The van der Waals surface area contributed by atoms with Crippen molar-refractivity contribution in [3.8, 4) is 0 Å². The predicted octanol–water partition coefficient (Wildman–Crippen LogP) is 5.21. The Bertz CT molecular complexity index is 944. The molecule has 6 heteroatoms. The molecule has 6 aliphatic heterocycles. The van der Waals surface area contributed by atoms with Crippen LogP contribution in [0.5, 0.6) is 0 Å². The summed E-state index contributed by atoms with van der Waals surface area (Å²) in [4.78, 5) is 30.2. The molecular formula is C28H34N2O2S2. The molecular weight excluding hydrogens is 460 g/mol. The number of benzene rings is 2. The van der Waals surface area contributed by atoms with E-state index in [2.05, 4.69) is 53.3 Å². The van der Waals surface area contributed by atoms with Gasteiger partial charge in [-0.2, -0.15) is 0 Å². The normalized spacial score (nSPS) is 25.4. The fourth-order valence-corrected chi connectivity index (χ4v) is 6.31. The zero-order valence-corrected chi connectivity index (χ0v) is 21.4. The van der Waals surface area contributed by atoms with Gasteiger partial charge in [0.15, 0.2) is 11.6 Å². The van der Waals surface area contributed by atoms with Crippen LogP contribution in [0.25, 0.3) is 0 Å². The molecule has 8 rings (SSSR count). The fraction of sp³-hybridized carbons (Fsp3) is 0.429. The van der Waals surface area contributed by atoms with Gasteiger partial charge in [-0.05, 0) is 63.0 Å². The molecule has 0 saturated carbocycles. The molecule has 0 spiro atoms. The van der Waals surface area contributed by atoms with Crippen LogP contribution in [0, 0.1) is 11.8 Å². The summed E-state index contributed by atoms with van der Waals surface area (Å²) in [7, 11) is 0. The maximum Gasteiger partial charge on any atom is 0.181 e. The first-order valence-corrected chi connectivity index (χ1v) is 13.6. The van der Waals surface area contributed by atoms with Gasteiger partial charge >= 0.3 is 0 Å². The lowest BCUT2D eigenvalue weighted by molar-refractivity contribution is -0.135. The second-order valence-corrected chi connectivity index (χ2v) is 10.9. The van der Waals surface area contributed by atoms with Crippen molar-refractivity contribution < 1.29 is 9.59 Å². The maximum absolute atomic E-state index is 12.2. The molecule has 34 heavy (non-hydrogen) atoms. The number of nitrogens with zero attached hydrogens (tertiary/aromatic N) is 2. The van der Waals surface area contributed by atoms with Crippen molar-refractivity contribution >= 4 is 36.0 Å². The molecule has 0 N–H and O–H groups in total. The first-order chi connectivity index (χ1) is 16.5. The molecule has 180 valence electrons. The summed E-state index contributed by atoms with van der Waals surface area (Å²) in [5.74, 6) is 2.38. The third-order valence-electron chi connectivity index (χ3n) is 7.14. The summed E-state index contributed by atoms with van der Waals surface area (Å²) in [5.41, 5.74) is 0.752. The minimum Gasteiger partial charge on any atom is -0.369 e. The zero-order valence-electron chi connectivity index (χ0n) is 19.6. The molecule has 6 saturated heterocycles. The van der Waals surface area contributed by atoms with Gasteiger partial charge in [-0.25, -0.2) is 0 Å². The van der Waals surface area contributed by atoms with E-state index >= 15 is 0 Å². The summed E-state index contributed by atoms with van der Waals surface area (Å²) >= 11 is 5.89. The van der Waals surface area contributed by atoms with Gasteiger partial charge in [0.2, 0.25) is 0 Å². The van der Waals surface area contributed by atoms with Crippen molar-refractivity contribution in [1.82, 2.24) is 9.80 Å². The molecule has 0 radical (unpaired) electrons. The highest BCUT2D eigenvalue weighted by Crippen LogP contribution is 2.32. The number of carbonyl (C=O) groups excluding carboxylic acids is 2. The average molecular weight is 495 g/mol. The van der Waals surface area contributed by atoms with Crippen molar-refractivity contribution in [2.45, 2.75) is 41.5 Å². The molecule has 0 aromatic heterocycles. The van der Waals surface area contributed by atoms with E-state index in [1.165, 1.54) is 4.90 Å². The van der Waals surface area contributed by atoms with Crippen LogP contribution in [-0.2, 0) is 9.59 Å². The fourth-order valence-electron chi connectivity index (χ4n) is 5.06. The Labute approximate surface area is 213 Å². The lowest BCUT2D eigenvalue weighted by atomic mass is 9.83. The number of ketones is 2. The van der Waals surface area contributed by atoms with Crippen LogP contribution < -0.4 is 0 Å². The first-order valence-electron chi connectivity index (χ1n) is 12.2. The second-order valence-electron chi connectivity index (χ2n) is 9.26. The Morgan fingerprint density at radius 2 is 1.38 bits per heavy atom. The number of hydrogen-bond donors (Lipinski definition) is 1. The number of piperidine rings is 6. The van der Waals surface area contributed by atoms with Gasteiger partial charge in [0.25, 0.3) is 0 Å². The number of Topliss-reactive ketones (excluding diaryl/α,β-unsaturated/α-hetero) is 2. The number of thiol groups is 1. The highest BCUT2D eigenvalue weighted by molar-refractivity contribution is 7.99. The molecule has 1 atom stereocenters. The number of rotatable bonds is 3. The van der Waals surface area contributed by atoms with Crippen LogP contribution in [-0.4, -0.2) is 59.3 Å². The first kappa shape index (κ1) is 25.1. The summed E-state index contributed by atoms with van der Waals surface area (Å²) < 4.78 is 0. The van der Waals surface area contributed by atoms with Gasteiger partial charge in [0.05, 0.1) is 11.7 Å². The van der Waals surface area contributed by atoms with E-state index in [0.717, 1.165) is 68.2 Å². The van der Waals surface area contributed by atoms with Gasteiger partial charge in [0.1, 0.15) is 0 Å². The minimum absolute atomic E-state index is 0.174. The van der Waals surface area contributed by atoms with Crippen molar-refractivity contribution in [3.63, 3.8) is 0 Å². The summed E-state index contributed by atoms with van der Waals surface area (Å²) in [5, 5.41) is 0. The van der Waals surface area contributed by atoms with Crippen LogP contribution in [0.15, 0.2) is 82.7 Å². The predicted molar refractivity (Wildman–Crippen MR) is 142 cm³/mol. The molecule has 0 aliphatic carbocycles. The zero-order chi connectivity index (χ0) is 23.9. The molecule has 1 unspecified atom stereocenters. The van der Waals surface area contributed by atoms with E-state index < -0.39 is 0 Å². The number of thioether (sulfide) groups is 1. The summed E-state index contributed by atoms with van der Waals surface area (Å²) in [6.07, 6.45) is 4.28. The maximum atomic E-state index is 12.2. The van der Waals surface area contributed by atoms with Crippen LogP contribution in [0.4, 0.5) is 0 Å². The molecule has 0 amide bonds. The Morgan fingerprint density at radius 3 is 1.82 bits per heavy atom. The number of fused-ring (bicyclic) bond motifs is 6. The van der Waals surface area contributed by atoms with Gasteiger partial charge < -0.3 is 4.90 Å². The van der Waals surface area contributed by atoms with Gasteiger partial charge in [-0.15, -0.1) is 24.4 Å². The number of allylic oxidation sites excluding steroid dienone is 1. The topological polar surface area (TPSA) is 40.6 Å². The number of carbonyl (C=O) groups is 2. The minimum atomic E-state index is 0.174. The molecule has 6 fully saturated rings. The van der Waals surface area contributed by atoms with Crippen molar-refractivity contribution in [2.75, 3.05) is 31.9 Å². The standard InChI is InChI=1S/C14H17NOS.C8H11NO.C6H6S/c16-14-11-6-8-15(9-7-11)13(14)10-17-12-4-2-1-3-5-12;1-6-8(10)7-2-4-9(6)5-3-7;7-6-4-2-1-3-5-6/h1-5,11,13H,6-10H2;7H,1-5H2;1-5,7H. The molecule has 4 bridgehead atoms. The van der Waals surface area contributed by atoms with Gasteiger partial charge in [0, 0.05) is 40.5 Å². The Balaban J connectivity index is 0.000000136. The quantitative estimate of drug-likeness (QED) is 0.360. The third kappa shape index (κ3) is 6.35. The van der Waals surface area contributed by atoms with Crippen molar-refractivity contribution in [1.29, 1.82) is 0 Å². The van der Waals surface area contributed by atoms with E-state index in [4.69, 9.17) is 0 Å². The van der Waals surface area contributed by atoms with E-state index in [1.807, 2.05) is 48.2 Å². The van der Waals surface area contributed by atoms with E-state index in [1.54, 1.807) is 0 Å². The van der Waals surface area contributed by atoms with Crippen molar-refractivity contribution in [2.24, 2.45) is 11.8 Å². The Kier molecular flexibility index (Phi) is 8.92. The average Bonchev–Trinajstić information content (AvgIpc) is 2.89. The van der Waals surface area contributed by atoms with Crippen LogP contribution in [0.3, 0.4) is 0 Å². The molecule has 6 aliphatic rings. The molecule has 2 aromatic rings.